The Morgan fingerprint density at radius 1 is 1.08 bits per heavy atom. The molecule has 128 valence electrons. The highest BCUT2D eigenvalue weighted by Crippen LogP contribution is 2.18. The van der Waals surface area contributed by atoms with E-state index in [0.29, 0.717) is 22.0 Å². The minimum absolute atomic E-state index is 0.258. The number of nitrogens with one attached hydrogen (secondary N) is 1. The van der Waals surface area contributed by atoms with Crippen LogP contribution in [0.5, 0.6) is 0 Å². The third-order valence-electron chi connectivity index (χ3n) is 3.65. The van der Waals surface area contributed by atoms with Gasteiger partial charge in [0.2, 0.25) is 5.91 Å². The Kier molecular flexibility index (Phi) is 4.25. The van der Waals surface area contributed by atoms with Gasteiger partial charge in [0.1, 0.15) is 16.8 Å². The van der Waals surface area contributed by atoms with E-state index in [4.69, 9.17) is 16.0 Å². The van der Waals surface area contributed by atoms with Crippen LogP contribution in [0.3, 0.4) is 0 Å². The van der Waals surface area contributed by atoms with Crippen molar-refractivity contribution in [3.05, 3.63) is 77.7 Å². The van der Waals surface area contributed by atoms with Crippen LogP contribution in [0.2, 0.25) is 5.02 Å². The molecule has 2 aromatic carbocycles. The van der Waals surface area contributed by atoms with Crippen LogP contribution in [0.1, 0.15) is 5.76 Å². The number of anilines is 1. The lowest BCUT2D eigenvalue weighted by atomic mass is 10.2. The highest BCUT2D eigenvalue weighted by atomic mass is 35.5. The number of rotatable bonds is 4. The highest BCUT2D eigenvalue weighted by molar-refractivity contribution is 6.30. The van der Waals surface area contributed by atoms with Crippen LogP contribution in [0, 0.1) is 0 Å². The average Bonchev–Trinajstić information content (AvgIpc) is 3.30. The molecule has 6 nitrogen and oxygen atoms in total. The quantitative estimate of drug-likeness (QED) is 0.547. The summed E-state index contributed by atoms with van der Waals surface area (Å²) in [4.78, 5) is 13.5. The summed E-state index contributed by atoms with van der Waals surface area (Å²) >= 11 is 5.90. The fourth-order valence-electron chi connectivity index (χ4n) is 2.41. The van der Waals surface area contributed by atoms with E-state index in [-0.39, 0.29) is 5.91 Å². The van der Waals surface area contributed by atoms with Crippen molar-refractivity contribution in [2.24, 2.45) is 0 Å². The first-order valence-electron chi connectivity index (χ1n) is 7.83. The number of halogens is 1. The van der Waals surface area contributed by atoms with Crippen molar-refractivity contribution in [2.75, 3.05) is 5.32 Å². The second-order valence-corrected chi connectivity index (χ2v) is 5.94. The third kappa shape index (κ3) is 3.50. The topological polar surface area (TPSA) is 73.0 Å². The van der Waals surface area contributed by atoms with Crippen LogP contribution in [0.4, 0.5) is 5.69 Å². The summed E-state index contributed by atoms with van der Waals surface area (Å²) in [5.41, 5.74) is 2.84. The van der Waals surface area contributed by atoms with Gasteiger partial charge in [-0.05, 0) is 60.7 Å². The van der Waals surface area contributed by atoms with Crippen molar-refractivity contribution in [1.29, 1.82) is 0 Å². The van der Waals surface area contributed by atoms with Gasteiger partial charge in [-0.3, -0.25) is 4.79 Å². The molecular weight excluding hydrogens is 352 g/mol. The maximum Gasteiger partial charge on any atom is 0.248 e. The van der Waals surface area contributed by atoms with Gasteiger partial charge in [-0.25, -0.2) is 0 Å². The molecule has 0 aliphatic rings. The van der Waals surface area contributed by atoms with Crippen LogP contribution < -0.4 is 5.32 Å². The average molecular weight is 365 g/mol. The number of hydrogen-bond donors (Lipinski definition) is 1. The normalized spacial score (nSPS) is 11.3. The molecule has 0 aliphatic heterocycles. The van der Waals surface area contributed by atoms with Crippen molar-refractivity contribution in [3.63, 3.8) is 0 Å². The van der Waals surface area contributed by atoms with Gasteiger partial charge in [0.25, 0.3) is 0 Å². The smallest absolute Gasteiger partial charge is 0.248 e. The molecule has 0 saturated heterocycles. The third-order valence-corrected chi connectivity index (χ3v) is 3.90. The van der Waals surface area contributed by atoms with Crippen LogP contribution >= 0.6 is 11.6 Å². The van der Waals surface area contributed by atoms with E-state index in [1.807, 2.05) is 12.1 Å². The molecule has 2 aromatic heterocycles. The molecule has 0 saturated carbocycles. The van der Waals surface area contributed by atoms with Gasteiger partial charge < -0.3 is 9.73 Å². The predicted octanol–water partition coefficient (Wildman–Crippen LogP) is 4.32. The second kappa shape index (κ2) is 6.85. The van der Waals surface area contributed by atoms with Crippen molar-refractivity contribution in [3.8, 4) is 5.69 Å². The summed E-state index contributed by atoms with van der Waals surface area (Å²) in [5, 5.41) is 12.3. The number of carbonyl (C=O) groups excluding carboxylic acids is 1. The second-order valence-electron chi connectivity index (χ2n) is 5.51. The maximum atomic E-state index is 12.0. The van der Waals surface area contributed by atoms with E-state index in [9.17, 15) is 4.79 Å². The molecule has 4 aromatic rings. The molecule has 1 amide bonds. The molecule has 26 heavy (non-hydrogen) atoms. The Bertz CT molecular complexity index is 1080. The number of nitrogens with zero attached hydrogens (tertiary/aromatic N) is 3. The van der Waals surface area contributed by atoms with Gasteiger partial charge >= 0.3 is 0 Å². The fourth-order valence-corrected chi connectivity index (χ4v) is 2.54. The van der Waals surface area contributed by atoms with Crippen LogP contribution in [-0.4, -0.2) is 20.9 Å². The highest BCUT2D eigenvalue weighted by Gasteiger charge is 2.07. The number of carbonyl (C=O) groups is 1. The maximum absolute atomic E-state index is 12.0. The Balaban J connectivity index is 1.53. The summed E-state index contributed by atoms with van der Waals surface area (Å²) < 4.78 is 5.15. The van der Waals surface area contributed by atoms with Crippen LogP contribution in [0.15, 0.2) is 71.4 Å². The van der Waals surface area contributed by atoms with Crippen LogP contribution in [0.25, 0.3) is 22.8 Å². The lowest BCUT2D eigenvalue weighted by Gasteiger charge is -2.00. The van der Waals surface area contributed by atoms with Gasteiger partial charge in [-0.1, -0.05) is 11.6 Å². The number of fused-ring (bicyclic) bond motifs is 1. The molecule has 0 aliphatic carbocycles. The minimum Gasteiger partial charge on any atom is -0.465 e. The van der Waals surface area contributed by atoms with E-state index >= 15 is 0 Å². The first-order valence-corrected chi connectivity index (χ1v) is 8.21. The summed E-state index contributed by atoms with van der Waals surface area (Å²) in [6.07, 6.45) is 4.56. The molecular formula is C19H13ClN4O2. The first kappa shape index (κ1) is 16.1. The monoisotopic (exact) mass is 364 g/mol. The largest absolute Gasteiger partial charge is 0.465 e. The zero-order valence-corrected chi connectivity index (χ0v) is 14.2. The van der Waals surface area contributed by atoms with E-state index in [2.05, 4.69) is 15.5 Å². The van der Waals surface area contributed by atoms with Gasteiger partial charge in [-0.15, -0.1) is 10.2 Å². The zero-order valence-electron chi connectivity index (χ0n) is 13.5. The van der Waals surface area contributed by atoms with Crippen LogP contribution in [-0.2, 0) is 4.79 Å². The van der Waals surface area contributed by atoms with Crippen molar-refractivity contribution in [1.82, 2.24) is 15.0 Å². The lowest BCUT2D eigenvalue weighted by Crippen LogP contribution is -2.07. The fraction of sp³-hybridized carbons (Fsp3) is 0. The number of aromatic nitrogens is 3. The molecule has 1 N–H and O–H groups in total. The number of amides is 1. The Labute approximate surface area is 153 Å². The standard InChI is InChI=1S/C19H13ClN4O2/c20-13-3-6-15(7-4-13)24-22-17-9-5-14(12-18(17)23-24)21-19(25)10-8-16-2-1-11-26-16/h1-12H,(H,21,25)/b10-8+. The summed E-state index contributed by atoms with van der Waals surface area (Å²) in [7, 11) is 0. The van der Waals surface area contributed by atoms with E-state index < -0.39 is 0 Å². The summed E-state index contributed by atoms with van der Waals surface area (Å²) in [6, 6.07) is 16.1. The van der Waals surface area contributed by atoms with Crippen molar-refractivity contribution >= 4 is 40.3 Å². The first-order chi connectivity index (χ1) is 12.7. The number of benzene rings is 2. The molecule has 2 heterocycles. The molecule has 0 spiro atoms. The molecule has 4 rings (SSSR count). The lowest BCUT2D eigenvalue weighted by molar-refractivity contribution is -0.111. The van der Waals surface area contributed by atoms with Crippen molar-refractivity contribution < 1.29 is 9.21 Å². The molecule has 0 radical (unpaired) electrons. The molecule has 0 atom stereocenters. The Morgan fingerprint density at radius 3 is 2.65 bits per heavy atom. The van der Waals surface area contributed by atoms with Gasteiger partial charge in [0, 0.05) is 16.8 Å². The Morgan fingerprint density at radius 2 is 1.88 bits per heavy atom. The van der Waals surface area contributed by atoms with E-state index in [0.717, 1.165) is 11.2 Å². The predicted molar refractivity (Wildman–Crippen MR) is 100 cm³/mol. The molecule has 0 unspecified atom stereocenters. The van der Waals surface area contributed by atoms with Gasteiger partial charge in [0.05, 0.1) is 12.0 Å². The van der Waals surface area contributed by atoms with E-state index in [1.165, 1.54) is 10.9 Å². The minimum atomic E-state index is -0.258. The Hall–Kier alpha value is -3.38. The zero-order chi connectivity index (χ0) is 17.9. The molecule has 0 bridgehead atoms. The number of hydrogen-bond acceptors (Lipinski definition) is 4. The number of furan rings is 1. The van der Waals surface area contributed by atoms with Crippen molar-refractivity contribution in [2.45, 2.75) is 0 Å². The van der Waals surface area contributed by atoms with Gasteiger partial charge in [0.15, 0.2) is 0 Å². The molecule has 0 fully saturated rings. The SMILES string of the molecule is O=C(/C=C/c1ccco1)Nc1ccc2nn(-c3ccc(Cl)cc3)nc2c1. The van der Waals surface area contributed by atoms with E-state index in [1.54, 1.807) is 54.8 Å². The summed E-state index contributed by atoms with van der Waals surface area (Å²) in [6.45, 7) is 0. The molecule has 7 heteroatoms. The summed E-state index contributed by atoms with van der Waals surface area (Å²) in [5.74, 6) is 0.354. The van der Waals surface area contributed by atoms with Gasteiger partial charge in [-0.2, -0.15) is 4.80 Å².